The largest absolute Gasteiger partial charge is 0.469 e. The number of nitrogens with one attached hydrogen (secondary N) is 2. The fourth-order valence-corrected chi connectivity index (χ4v) is 2.81. The highest BCUT2D eigenvalue weighted by Crippen LogP contribution is 2.07. The zero-order valence-electron chi connectivity index (χ0n) is 15.6. The molecule has 0 aliphatic heterocycles. The highest BCUT2D eigenvalue weighted by molar-refractivity contribution is 5.76. The predicted octanol–water partition coefficient (Wildman–Crippen LogP) is 3.37. The number of amides is 2. The van der Waals surface area contributed by atoms with Crippen LogP contribution < -0.4 is 10.6 Å². The molecule has 146 valence electrons. The number of hydrogen-bond donors (Lipinski definition) is 2. The second kappa shape index (κ2) is 10.2. The lowest BCUT2D eigenvalue weighted by atomic mass is 10.1. The molecule has 1 aromatic carbocycles. The molecule has 0 aliphatic rings. The van der Waals surface area contributed by atoms with E-state index in [9.17, 15) is 9.59 Å². The Balaban J connectivity index is 1.38. The van der Waals surface area contributed by atoms with E-state index in [-0.39, 0.29) is 11.8 Å². The third kappa shape index (κ3) is 6.46. The molecule has 6 nitrogen and oxygen atoms in total. The van der Waals surface area contributed by atoms with Crippen LogP contribution in [0.5, 0.6) is 0 Å². The van der Waals surface area contributed by atoms with E-state index in [4.69, 9.17) is 8.83 Å². The molecule has 2 amide bonds. The summed E-state index contributed by atoms with van der Waals surface area (Å²) in [6.07, 6.45) is 5.16. The molecule has 0 radical (unpaired) electrons. The number of carbonyl (C=O) groups is 2. The number of aryl methyl sites for hydroxylation is 2. The van der Waals surface area contributed by atoms with Gasteiger partial charge in [0.25, 0.3) is 0 Å². The van der Waals surface area contributed by atoms with Gasteiger partial charge in [0.1, 0.15) is 11.5 Å². The van der Waals surface area contributed by atoms with Gasteiger partial charge in [-0.15, -0.1) is 0 Å². The minimum Gasteiger partial charge on any atom is -0.469 e. The van der Waals surface area contributed by atoms with Crippen molar-refractivity contribution < 1.29 is 18.4 Å². The van der Waals surface area contributed by atoms with Gasteiger partial charge in [0.2, 0.25) is 11.8 Å². The topological polar surface area (TPSA) is 84.5 Å². The predicted molar refractivity (Wildman–Crippen MR) is 104 cm³/mol. The van der Waals surface area contributed by atoms with Crippen LogP contribution in [0.4, 0.5) is 0 Å². The maximum atomic E-state index is 12.0. The fraction of sp³-hybridized carbons (Fsp3) is 0.273. The van der Waals surface area contributed by atoms with Crippen LogP contribution in [0, 0.1) is 0 Å². The molecule has 0 saturated carbocycles. The van der Waals surface area contributed by atoms with Gasteiger partial charge in [-0.2, -0.15) is 0 Å². The molecule has 0 atom stereocenters. The molecule has 0 unspecified atom stereocenters. The highest BCUT2D eigenvalue weighted by Gasteiger charge is 2.06. The Morgan fingerprint density at radius 2 is 1.21 bits per heavy atom. The first-order valence-electron chi connectivity index (χ1n) is 9.35. The van der Waals surface area contributed by atoms with Gasteiger partial charge in [-0.3, -0.25) is 9.59 Å². The van der Waals surface area contributed by atoms with Gasteiger partial charge in [-0.05, 0) is 35.4 Å². The van der Waals surface area contributed by atoms with E-state index in [2.05, 4.69) is 10.6 Å². The van der Waals surface area contributed by atoms with E-state index in [1.165, 1.54) is 0 Å². The molecule has 3 rings (SSSR count). The van der Waals surface area contributed by atoms with Crippen molar-refractivity contribution in [1.29, 1.82) is 0 Å². The van der Waals surface area contributed by atoms with E-state index in [1.807, 2.05) is 48.5 Å². The van der Waals surface area contributed by atoms with Crippen molar-refractivity contribution in [1.82, 2.24) is 10.6 Å². The monoisotopic (exact) mass is 380 g/mol. The van der Waals surface area contributed by atoms with Gasteiger partial charge in [0, 0.05) is 38.8 Å². The first-order chi connectivity index (χ1) is 13.7. The second-order valence-corrected chi connectivity index (χ2v) is 6.53. The Hall–Kier alpha value is -3.28. The number of hydrogen-bond acceptors (Lipinski definition) is 4. The molecule has 0 spiro atoms. The van der Waals surface area contributed by atoms with Crippen LogP contribution in [0.2, 0.25) is 0 Å². The number of carbonyl (C=O) groups excluding carboxylic acids is 2. The van der Waals surface area contributed by atoms with Crippen LogP contribution in [0.3, 0.4) is 0 Å². The summed E-state index contributed by atoms with van der Waals surface area (Å²) < 4.78 is 10.5. The van der Waals surface area contributed by atoms with E-state index in [0.29, 0.717) is 38.8 Å². The molecular weight excluding hydrogens is 356 g/mol. The van der Waals surface area contributed by atoms with Gasteiger partial charge < -0.3 is 19.5 Å². The van der Waals surface area contributed by atoms with Crippen molar-refractivity contribution in [3.8, 4) is 0 Å². The third-order valence-electron chi connectivity index (χ3n) is 4.33. The summed E-state index contributed by atoms with van der Waals surface area (Å²) in [5.74, 6) is 1.57. The zero-order chi connectivity index (χ0) is 19.6. The molecule has 0 aliphatic carbocycles. The van der Waals surface area contributed by atoms with Gasteiger partial charge in [0.15, 0.2) is 0 Å². The third-order valence-corrected chi connectivity index (χ3v) is 4.33. The lowest BCUT2D eigenvalue weighted by Crippen LogP contribution is -2.24. The number of rotatable bonds is 10. The van der Waals surface area contributed by atoms with Gasteiger partial charge in [-0.1, -0.05) is 24.3 Å². The van der Waals surface area contributed by atoms with Crippen LogP contribution >= 0.6 is 0 Å². The SMILES string of the molecule is O=C(CCc1ccco1)NCc1cccc(CNC(=O)CCc2ccco2)c1. The average Bonchev–Trinajstić information content (AvgIpc) is 3.42. The average molecular weight is 380 g/mol. The summed E-state index contributed by atoms with van der Waals surface area (Å²) in [6.45, 7) is 0.911. The Bertz CT molecular complexity index is 800. The summed E-state index contributed by atoms with van der Waals surface area (Å²) in [4.78, 5) is 23.9. The number of benzene rings is 1. The number of furan rings is 2. The zero-order valence-corrected chi connectivity index (χ0v) is 15.6. The quantitative estimate of drug-likeness (QED) is 0.565. The molecular formula is C22H24N2O4. The first kappa shape index (κ1) is 19.5. The van der Waals surface area contributed by atoms with E-state index >= 15 is 0 Å². The van der Waals surface area contributed by atoms with Gasteiger partial charge in [0.05, 0.1) is 12.5 Å². The molecule has 28 heavy (non-hydrogen) atoms. The summed E-state index contributed by atoms with van der Waals surface area (Å²) >= 11 is 0. The summed E-state index contributed by atoms with van der Waals surface area (Å²) in [5.41, 5.74) is 1.99. The maximum absolute atomic E-state index is 12.0. The molecule has 0 fully saturated rings. The molecule has 0 saturated heterocycles. The molecule has 2 heterocycles. The smallest absolute Gasteiger partial charge is 0.220 e. The van der Waals surface area contributed by atoms with Gasteiger partial charge >= 0.3 is 0 Å². The maximum Gasteiger partial charge on any atom is 0.220 e. The van der Waals surface area contributed by atoms with Crippen molar-refractivity contribution in [3.05, 3.63) is 83.7 Å². The first-order valence-corrected chi connectivity index (χ1v) is 9.35. The Morgan fingerprint density at radius 1 is 0.714 bits per heavy atom. The van der Waals surface area contributed by atoms with Crippen molar-refractivity contribution in [2.45, 2.75) is 38.8 Å². The van der Waals surface area contributed by atoms with Crippen LogP contribution in [0.25, 0.3) is 0 Å². The lowest BCUT2D eigenvalue weighted by molar-refractivity contribution is -0.122. The van der Waals surface area contributed by atoms with Crippen molar-refractivity contribution in [3.63, 3.8) is 0 Å². The minimum atomic E-state index is -0.0203. The normalized spacial score (nSPS) is 10.6. The Morgan fingerprint density at radius 3 is 1.64 bits per heavy atom. The van der Waals surface area contributed by atoms with Crippen LogP contribution in [0.15, 0.2) is 69.9 Å². The summed E-state index contributed by atoms with van der Waals surface area (Å²) in [7, 11) is 0. The van der Waals surface area contributed by atoms with Crippen molar-refractivity contribution in [2.75, 3.05) is 0 Å². The van der Waals surface area contributed by atoms with Crippen LogP contribution in [0.1, 0.15) is 35.5 Å². The van der Waals surface area contributed by atoms with Gasteiger partial charge in [-0.25, -0.2) is 0 Å². The standard InChI is InChI=1S/C22H24N2O4/c25-21(10-8-19-6-2-12-27-19)23-15-17-4-1-5-18(14-17)16-24-22(26)11-9-20-7-3-13-28-20/h1-7,12-14H,8-11,15-16H2,(H,23,25)(H,24,26). The Kier molecular flexibility index (Phi) is 7.07. The van der Waals surface area contributed by atoms with Crippen molar-refractivity contribution >= 4 is 11.8 Å². The van der Waals surface area contributed by atoms with E-state index < -0.39 is 0 Å². The fourth-order valence-electron chi connectivity index (χ4n) is 2.81. The molecule has 6 heteroatoms. The van der Waals surface area contributed by atoms with Crippen LogP contribution in [-0.2, 0) is 35.5 Å². The molecule has 0 bridgehead atoms. The van der Waals surface area contributed by atoms with E-state index in [1.54, 1.807) is 12.5 Å². The Labute approximate surface area is 163 Å². The summed E-state index contributed by atoms with van der Waals surface area (Å²) in [6, 6.07) is 15.2. The van der Waals surface area contributed by atoms with Crippen molar-refractivity contribution in [2.24, 2.45) is 0 Å². The molecule has 3 aromatic rings. The lowest BCUT2D eigenvalue weighted by Gasteiger charge is -2.08. The summed E-state index contributed by atoms with van der Waals surface area (Å²) in [5, 5.41) is 5.82. The van der Waals surface area contributed by atoms with Crippen LogP contribution in [-0.4, -0.2) is 11.8 Å². The molecule has 2 N–H and O–H groups in total. The van der Waals surface area contributed by atoms with E-state index in [0.717, 1.165) is 22.6 Å². The second-order valence-electron chi connectivity index (χ2n) is 6.53. The highest BCUT2D eigenvalue weighted by atomic mass is 16.3. The minimum absolute atomic E-state index is 0.0203. The molecule has 2 aromatic heterocycles.